The largest absolute Gasteiger partial charge is 0.504 e. The summed E-state index contributed by atoms with van der Waals surface area (Å²) in [5.41, 5.74) is 1.85. The van der Waals surface area contributed by atoms with E-state index in [2.05, 4.69) is 10.4 Å². The fourth-order valence-electron chi connectivity index (χ4n) is 3.85. The minimum absolute atomic E-state index is 0.166. The number of carbonyl (C=O) groups excluding carboxylic acids is 1. The molecular formula is C27H18N4O2. The van der Waals surface area contributed by atoms with E-state index in [-0.39, 0.29) is 5.69 Å². The van der Waals surface area contributed by atoms with Crippen LogP contribution < -0.4 is 5.32 Å². The molecule has 0 unspecified atom stereocenters. The lowest BCUT2D eigenvalue weighted by atomic mass is 10.0. The molecular weight excluding hydrogens is 412 g/mol. The molecule has 4 aromatic carbocycles. The average molecular weight is 430 g/mol. The SMILES string of the molecule is N#CC(C(=O)Nc1ccccc1)=C(O)c1nn(-c2ccccc2)c2c1ccc1ccccc12. The monoisotopic (exact) mass is 430 g/mol. The second kappa shape index (κ2) is 8.33. The lowest BCUT2D eigenvalue weighted by molar-refractivity contribution is -0.112. The molecule has 0 saturated carbocycles. The average Bonchev–Trinajstić information content (AvgIpc) is 3.26. The normalized spacial score (nSPS) is 11.7. The molecule has 0 spiro atoms. The number of anilines is 1. The number of fused-ring (bicyclic) bond motifs is 3. The number of rotatable bonds is 4. The van der Waals surface area contributed by atoms with E-state index in [0.29, 0.717) is 11.1 Å². The number of amides is 1. The van der Waals surface area contributed by atoms with Crippen LogP contribution in [-0.2, 0) is 4.79 Å². The zero-order valence-corrected chi connectivity index (χ0v) is 17.4. The summed E-state index contributed by atoms with van der Waals surface area (Å²) in [6.45, 7) is 0. The van der Waals surface area contributed by atoms with E-state index in [1.54, 1.807) is 28.9 Å². The van der Waals surface area contributed by atoms with E-state index in [4.69, 9.17) is 0 Å². The van der Waals surface area contributed by atoms with Crippen LogP contribution in [0.4, 0.5) is 5.69 Å². The lowest BCUT2D eigenvalue weighted by Crippen LogP contribution is -2.15. The van der Waals surface area contributed by atoms with Gasteiger partial charge in [-0.1, -0.05) is 66.7 Å². The van der Waals surface area contributed by atoms with Crippen molar-refractivity contribution in [3.63, 3.8) is 0 Å². The van der Waals surface area contributed by atoms with Crippen LogP contribution in [0.3, 0.4) is 0 Å². The molecule has 6 nitrogen and oxygen atoms in total. The third-order valence-electron chi connectivity index (χ3n) is 5.40. The molecule has 33 heavy (non-hydrogen) atoms. The van der Waals surface area contributed by atoms with Crippen molar-refractivity contribution < 1.29 is 9.90 Å². The van der Waals surface area contributed by atoms with Gasteiger partial charge in [0.1, 0.15) is 11.8 Å². The molecule has 0 radical (unpaired) electrons. The molecule has 0 aliphatic heterocycles. The van der Waals surface area contributed by atoms with Gasteiger partial charge in [-0.3, -0.25) is 4.79 Å². The van der Waals surface area contributed by atoms with Crippen molar-refractivity contribution in [2.24, 2.45) is 0 Å². The van der Waals surface area contributed by atoms with Crippen LogP contribution in [-0.4, -0.2) is 20.8 Å². The third kappa shape index (κ3) is 3.58. The molecule has 1 heterocycles. The highest BCUT2D eigenvalue weighted by Gasteiger charge is 2.23. The minimum Gasteiger partial charge on any atom is -0.504 e. The molecule has 5 aromatic rings. The summed E-state index contributed by atoms with van der Waals surface area (Å²) in [4.78, 5) is 12.8. The summed E-state index contributed by atoms with van der Waals surface area (Å²) in [5.74, 6) is -1.18. The number of aromatic nitrogens is 2. The quantitative estimate of drug-likeness (QED) is 0.220. The summed E-state index contributed by atoms with van der Waals surface area (Å²) in [7, 11) is 0. The molecule has 0 saturated heterocycles. The van der Waals surface area contributed by atoms with Crippen LogP contribution in [0.1, 0.15) is 5.69 Å². The Morgan fingerprint density at radius 1 is 0.848 bits per heavy atom. The van der Waals surface area contributed by atoms with E-state index in [1.807, 2.05) is 78.9 Å². The van der Waals surface area contributed by atoms with Gasteiger partial charge in [-0.2, -0.15) is 10.4 Å². The van der Waals surface area contributed by atoms with E-state index < -0.39 is 17.2 Å². The molecule has 1 aromatic heterocycles. The predicted molar refractivity (Wildman–Crippen MR) is 129 cm³/mol. The van der Waals surface area contributed by atoms with E-state index in [0.717, 1.165) is 22.0 Å². The molecule has 5 rings (SSSR count). The molecule has 6 heteroatoms. The third-order valence-corrected chi connectivity index (χ3v) is 5.40. The second-order valence-corrected chi connectivity index (χ2v) is 7.43. The number of aliphatic hydroxyl groups excluding tert-OH is 1. The van der Waals surface area contributed by atoms with Crippen LogP contribution in [0.2, 0.25) is 0 Å². The van der Waals surface area contributed by atoms with Gasteiger partial charge in [0.25, 0.3) is 5.91 Å². The highest BCUT2D eigenvalue weighted by molar-refractivity contribution is 6.14. The Kier molecular flexibility index (Phi) is 5.06. The molecule has 0 fully saturated rings. The fourth-order valence-corrected chi connectivity index (χ4v) is 3.85. The number of benzene rings is 4. The number of hydrogen-bond acceptors (Lipinski definition) is 4. The zero-order chi connectivity index (χ0) is 22.8. The Morgan fingerprint density at radius 2 is 1.52 bits per heavy atom. The summed E-state index contributed by atoms with van der Waals surface area (Å²) < 4.78 is 1.73. The first-order valence-electron chi connectivity index (χ1n) is 10.3. The molecule has 0 aliphatic rings. The summed E-state index contributed by atoms with van der Waals surface area (Å²) in [6, 6.07) is 31.8. The Labute approximate surface area is 189 Å². The van der Waals surface area contributed by atoms with Crippen molar-refractivity contribution in [1.29, 1.82) is 5.26 Å². The fraction of sp³-hybridized carbons (Fsp3) is 0. The number of nitrogens with zero attached hydrogens (tertiary/aromatic N) is 3. The molecule has 2 N–H and O–H groups in total. The van der Waals surface area contributed by atoms with Crippen LogP contribution >= 0.6 is 0 Å². The van der Waals surface area contributed by atoms with Crippen molar-refractivity contribution in [2.75, 3.05) is 5.32 Å². The van der Waals surface area contributed by atoms with Crippen LogP contribution in [0.15, 0.2) is 103 Å². The van der Waals surface area contributed by atoms with E-state index in [9.17, 15) is 15.2 Å². The Morgan fingerprint density at radius 3 is 2.24 bits per heavy atom. The van der Waals surface area contributed by atoms with Gasteiger partial charge >= 0.3 is 0 Å². The number of nitriles is 1. The Balaban J connectivity index is 1.73. The number of para-hydroxylation sites is 2. The minimum atomic E-state index is -0.704. The molecule has 1 amide bonds. The van der Waals surface area contributed by atoms with Gasteiger partial charge in [0.2, 0.25) is 0 Å². The maximum Gasteiger partial charge on any atom is 0.270 e. The summed E-state index contributed by atoms with van der Waals surface area (Å²) >= 11 is 0. The highest BCUT2D eigenvalue weighted by Crippen LogP contribution is 2.33. The van der Waals surface area contributed by atoms with Gasteiger partial charge in [0, 0.05) is 16.5 Å². The van der Waals surface area contributed by atoms with Crippen LogP contribution in [0.5, 0.6) is 0 Å². The van der Waals surface area contributed by atoms with Crippen molar-refractivity contribution in [3.05, 3.63) is 108 Å². The van der Waals surface area contributed by atoms with Gasteiger partial charge in [-0.25, -0.2) is 4.68 Å². The first-order valence-corrected chi connectivity index (χ1v) is 10.3. The molecule has 0 bridgehead atoms. The van der Waals surface area contributed by atoms with Crippen molar-refractivity contribution in [2.45, 2.75) is 0 Å². The zero-order valence-electron chi connectivity index (χ0n) is 17.4. The maximum absolute atomic E-state index is 12.8. The number of carbonyl (C=O) groups is 1. The van der Waals surface area contributed by atoms with Crippen molar-refractivity contribution >= 4 is 39.0 Å². The van der Waals surface area contributed by atoms with E-state index >= 15 is 0 Å². The molecule has 0 aliphatic carbocycles. The van der Waals surface area contributed by atoms with Crippen LogP contribution in [0, 0.1) is 11.3 Å². The first-order chi connectivity index (χ1) is 16.2. The maximum atomic E-state index is 12.8. The summed E-state index contributed by atoms with van der Waals surface area (Å²) in [5, 5.41) is 30.7. The lowest BCUT2D eigenvalue weighted by Gasteiger charge is -2.06. The first kappa shape index (κ1) is 20.0. The van der Waals surface area contributed by atoms with Gasteiger partial charge in [0.05, 0.1) is 11.2 Å². The molecule has 158 valence electrons. The van der Waals surface area contributed by atoms with E-state index in [1.165, 1.54) is 0 Å². The van der Waals surface area contributed by atoms with Gasteiger partial charge in [-0.05, 0) is 35.7 Å². The van der Waals surface area contributed by atoms with Gasteiger partial charge in [0.15, 0.2) is 11.3 Å². The number of nitrogens with one attached hydrogen (secondary N) is 1. The standard InChI is InChI=1S/C27H18N4O2/c28-17-23(27(33)29-19-10-3-1-4-11-19)26(32)24-22-16-15-18-9-7-8-14-21(18)25(22)31(30-24)20-12-5-2-6-13-20/h1-16,32H,(H,29,33). The van der Waals surface area contributed by atoms with Crippen molar-refractivity contribution in [3.8, 4) is 11.8 Å². The van der Waals surface area contributed by atoms with Gasteiger partial charge in [-0.15, -0.1) is 0 Å². The molecule has 0 atom stereocenters. The Bertz CT molecular complexity index is 1560. The summed E-state index contributed by atoms with van der Waals surface area (Å²) in [6.07, 6.45) is 0. The number of hydrogen-bond donors (Lipinski definition) is 2. The predicted octanol–water partition coefficient (Wildman–Crippen LogP) is 5.61. The van der Waals surface area contributed by atoms with Crippen LogP contribution in [0.25, 0.3) is 33.1 Å². The highest BCUT2D eigenvalue weighted by atomic mass is 16.3. The van der Waals surface area contributed by atoms with Crippen molar-refractivity contribution in [1.82, 2.24) is 9.78 Å². The second-order valence-electron chi connectivity index (χ2n) is 7.43. The smallest absolute Gasteiger partial charge is 0.270 e. The topological polar surface area (TPSA) is 90.9 Å². The Hall–Kier alpha value is -4.89. The van der Waals surface area contributed by atoms with Gasteiger partial charge < -0.3 is 10.4 Å². The number of aliphatic hydroxyl groups is 1.